The molecule has 7 nitrogen and oxygen atoms in total. The molecule has 0 aliphatic heterocycles. The Morgan fingerprint density at radius 3 is 2.47 bits per heavy atom. The highest BCUT2D eigenvalue weighted by molar-refractivity contribution is 7.89. The molecular weight excluding hydrogens is 505 g/mol. The average molecular weight is 528 g/mol. The molecule has 2 N–H and O–H groups in total. The molecule has 1 aromatic heterocycles. The summed E-state index contributed by atoms with van der Waals surface area (Å²) in [6, 6.07) is 14.6. The zero-order chi connectivity index (χ0) is 25.7. The predicted octanol–water partition coefficient (Wildman–Crippen LogP) is 5.40. The van der Waals surface area contributed by atoms with Gasteiger partial charge in [0, 0.05) is 30.3 Å². The second-order valence-electron chi connectivity index (χ2n) is 7.96. The second kappa shape index (κ2) is 11.0. The third-order valence-electron chi connectivity index (χ3n) is 5.59. The summed E-state index contributed by atoms with van der Waals surface area (Å²) in [4.78, 5) is 16.8. The minimum atomic E-state index is -3.53. The molecule has 186 valence electrons. The van der Waals surface area contributed by atoms with Crippen LogP contribution in [0.1, 0.15) is 34.3 Å². The Balaban J connectivity index is 1.34. The van der Waals surface area contributed by atoms with Crippen molar-refractivity contribution >= 4 is 33.1 Å². The van der Waals surface area contributed by atoms with Crippen LogP contribution in [0.25, 0.3) is 5.57 Å². The Labute approximate surface area is 213 Å². The standard InChI is InChI=1S/C26H23ClFN3O4S/c1-29-36(33,34)23-11-9-22(10-12-23)35-25-13-6-20(16-30-25)26(32)31-15-19-3-2-18(14-24(19)27)17-4-7-21(28)8-5-17/h2-4,6-7,9-14,16,29H,5,8,15H2,1H3,(H,31,32). The number of hydrogen-bond donors (Lipinski definition) is 2. The van der Waals surface area contributed by atoms with Crippen molar-refractivity contribution in [3.8, 4) is 11.6 Å². The number of aromatic nitrogens is 1. The first-order valence-corrected chi connectivity index (χ1v) is 12.9. The SMILES string of the molecule is CNS(=O)(=O)c1ccc(Oc2ccc(C(=O)NCc3ccc(C4=CC=C(F)CC4)cc3Cl)cn2)cc1. The van der Waals surface area contributed by atoms with Crippen molar-refractivity contribution < 1.29 is 22.3 Å². The summed E-state index contributed by atoms with van der Waals surface area (Å²) in [6.45, 7) is 0.228. The maximum Gasteiger partial charge on any atom is 0.253 e. The van der Waals surface area contributed by atoms with Crippen molar-refractivity contribution in [3.63, 3.8) is 0 Å². The molecule has 0 saturated heterocycles. The van der Waals surface area contributed by atoms with Gasteiger partial charge in [-0.3, -0.25) is 4.79 Å². The van der Waals surface area contributed by atoms with Crippen LogP contribution in [0.2, 0.25) is 5.02 Å². The Kier molecular flexibility index (Phi) is 7.83. The van der Waals surface area contributed by atoms with Gasteiger partial charge in [0.2, 0.25) is 15.9 Å². The fourth-order valence-corrected chi connectivity index (χ4v) is 4.50. The average Bonchev–Trinajstić information content (AvgIpc) is 2.89. The summed E-state index contributed by atoms with van der Waals surface area (Å²) >= 11 is 6.41. The van der Waals surface area contributed by atoms with Crippen molar-refractivity contribution in [1.82, 2.24) is 15.0 Å². The zero-order valence-corrected chi connectivity index (χ0v) is 20.9. The van der Waals surface area contributed by atoms with Gasteiger partial charge in [0.25, 0.3) is 5.91 Å². The Morgan fingerprint density at radius 2 is 1.86 bits per heavy atom. The van der Waals surface area contributed by atoms with E-state index >= 15 is 0 Å². The molecule has 0 radical (unpaired) electrons. The van der Waals surface area contributed by atoms with E-state index in [2.05, 4.69) is 15.0 Å². The van der Waals surface area contributed by atoms with E-state index in [4.69, 9.17) is 16.3 Å². The highest BCUT2D eigenvalue weighted by Crippen LogP contribution is 2.30. The van der Waals surface area contributed by atoms with Gasteiger partial charge in [-0.25, -0.2) is 22.5 Å². The Morgan fingerprint density at radius 1 is 1.08 bits per heavy atom. The molecule has 0 unspecified atom stereocenters. The van der Waals surface area contributed by atoms with Crippen molar-refractivity contribution in [3.05, 3.63) is 100 Å². The molecule has 3 aromatic rings. The number of halogens is 2. The molecule has 4 rings (SSSR count). The van der Waals surface area contributed by atoms with E-state index in [1.807, 2.05) is 18.2 Å². The molecule has 1 amide bonds. The predicted molar refractivity (Wildman–Crippen MR) is 136 cm³/mol. The van der Waals surface area contributed by atoms with Gasteiger partial charge in [0.05, 0.1) is 10.5 Å². The minimum absolute atomic E-state index is 0.116. The number of ether oxygens (including phenoxy) is 1. The van der Waals surface area contributed by atoms with Gasteiger partial charge in [0.1, 0.15) is 11.6 Å². The van der Waals surface area contributed by atoms with E-state index in [1.54, 1.807) is 18.2 Å². The van der Waals surface area contributed by atoms with E-state index in [0.717, 1.165) is 16.7 Å². The van der Waals surface area contributed by atoms with Crippen molar-refractivity contribution in [2.45, 2.75) is 24.3 Å². The molecule has 2 aromatic carbocycles. The van der Waals surface area contributed by atoms with Crippen LogP contribution < -0.4 is 14.8 Å². The second-order valence-corrected chi connectivity index (χ2v) is 10.3. The number of nitrogens with one attached hydrogen (secondary N) is 2. The third-order valence-corrected chi connectivity index (χ3v) is 7.37. The van der Waals surface area contributed by atoms with Gasteiger partial charge in [-0.2, -0.15) is 0 Å². The van der Waals surface area contributed by atoms with Crippen LogP contribution >= 0.6 is 11.6 Å². The van der Waals surface area contributed by atoms with Crippen molar-refractivity contribution in [2.24, 2.45) is 0 Å². The van der Waals surface area contributed by atoms with Crippen molar-refractivity contribution in [2.75, 3.05) is 7.05 Å². The van der Waals surface area contributed by atoms with Gasteiger partial charge >= 0.3 is 0 Å². The minimum Gasteiger partial charge on any atom is -0.439 e. The van der Waals surface area contributed by atoms with Crippen LogP contribution in [0.3, 0.4) is 0 Å². The summed E-state index contributed by atoms with van der Waals surface area (Å²) in [5.74, 6) is 0.195. The lowest BCUT2D eigenvalue weighted by molar-refractivity contribution is 0.0950. The number of pyridine rings is 1. The molecular formula is C26H23ClFN3O4S. The number of carbonyl (C=O) groups is 1. The van der Waals surface area contributed by atoms with E-state index in [-0.39, 0.29) is 29.1 Å². The van der Waals surface area contributed by atoms with Crippen LogP contribution in [0.5, 0.6) is 11.6 Å². The molecule has 0 fully saturated rings. The number of carbonyl (C=O) groups excluding carboxylic acids is 1. The van der Waals surface area contributed by atoms with Gasteiger partial charge in [-0.1, -0.05) is 29.8 Å². The first kappa shape index (κ1) is 25.6. The van der Waals surface area contributed by atoms with Crippen LogP contribution in [-0.4, -0.2) is 26.4 Å². The first-order valence-electron chi connectivity index (χ1n) is 11.0. The maximum absolute atomic E-state index is 13.2. The number of benzene rings is 2. The summed E-state index contributed by atoms with van der Waals surface area (Å²) in [5.41, 5.74) is 3.04. The number of nitrogens with zero attached hydrogens (tertiary/aromatic N) is 1. The number of rotatable bonds is 8. The quantitative estimate of drug-likeness (QED) is 0.409. The number of allylic oxidation sites excluding steroid dienone is 4. The summed E-state index contributed by atoms with van der Waals surface area (Å²) in [6.07, 6.45) is 5.61. The Hall–Kier alpha value is -3.53. The van der Waals surface area contributed by atoms with Crippen LogP contribution in [0.15, 0.2) is 83.7 Å². The largest absolute Gasteiger partial charge is 0.439 e. The molecule has 0 spiro atoms. The van der Waals surface area contributed by atoms with Gasteiger partial charge in [0.15, 0.2) is 0 Å². The van der Waals surface area contributed by atoms with Crippen LogP contribution in [0.4, 0.5) is 4.39 Å². The summed E-state index contributed by atoms with van der Waals surface area (Å²) in [5, 5.41) is 3.33. The highest BCUT2D eigenvalue weighted by atomic mass is 35.5. The van der Waals surface area contributed by atoms with Crippen LogP contribution in [0, 0.1) is 0 Å². The van der Waals surface area contributed by atoms with Crippen LogP contribution in [-0.2, 0) is 16.6 Å². The van der Waals surface area contributed by atoms with E-state index in [1.165, 1.54) is 43.6 Å². The molecule has 0 bridgehead atoms. The van der Waals surface area contributed by atoms with Gasteiger partial charge < -0.3 is 10.1 Å². The number of amides is 1. The fraction of sp³-hybridized carbons (Fsp3) is 0.154. The summed E-state index contributed by atoms with van der Waals surface area (Å²) in [7, 11) is -2.19. The Bertz CT molecular complexity index is 1440. The van der Waals surface area contributed by atoms with Gasteiger partial charge in [-0.15, -0.1) is 0 Å². The molecule has 0 saturated carbocycles. The molecule has 36 heavy (non-hydrogen) atoms. The maximum atomic E-state index is 13.2. The smallest absolute Gasteiger partial charge is 0.253 e. The lowest BCUT2D eigenvalue weighted by atomic mass is 9.96. The topological polar surface area (TPSA) is 97.4 Å². The highest BCUT2D eigenvalue weighted by Gasteiger charge is 2.13. The van der Waals surface area contributed by atoms with Gasteiger partial charge in [-0.05, 0) is 72.6 Å². The van der Waals surface area contributed by atoms with E-state index in [0.29, 0.717) is 29.2 Å². The lowest BCUT2D eigenvalue weighted by Crippen LogP contribution is -2.23. The monoisotopic (exact) mass is 527 g/mol. The number of sulfonamides is 1. The first-order chi connectivity index (χ1) is 17.2. The van der Waals surface area contributed by atoms with E-state index in [9.17, 15) is 17.6 Å². The fourth-order valence-electron chi connectivity index (χ4n) is 3.52. The lowest BCUT2D eigenvalue weighted by Gasteiger charge is -2.13. The summed E-state index contributed by atoms with van der Waals surface area (Å²) < 4.78 is 44.7. The van der Waals surface area contributed by atoms with Crippen molar-refractivity contribution in [1.29, 1.82) is 0 Å². The molecule has 1 aliphatic rings. The number of hydrogen-bond acceptors (Lipinski definition) is 5. The zero-order valence-electron chi connectivity index (χ0n) is 19.3. The van der Waals surface area contributed by atoms with E-state index < -0.39 is 10.0 Å². The molecule has 10 heteroatoms. The molecule has 1 aliphatic carbocycles. The molecule has 0 atom stereocenters. The normalized spacial score (nSPS) is 13.5. The third kappa shape index (κ3) is 6.17. The molecule has 1 heterocycles.